The summed E-state index contributed by atoms with van der Waals surface area (Å²) in [6, 6.07) is 19.4. The molecule has 0 radical (unpaired) electrons. The lowest BCUT2D eigenvalue weighted by Gasteiger charge is -2.27. The topological polar surface area (TPSA) is 3.24 Å². The molecule has 0 aromatic heterocycles. The van der Waals surface area contributed by atoms with Crippen molar-refractivity contribution in [2.45, 2.75) is 20.8 Å². The molecule has 0 aliphatic rings. The maximum atomic E-state index is 3.60. The number of anilines is 3. The molecule has 25 heavy (non-hydrogen) atoms. The lowest BCUT2D eigenvalue weighted by molar-refractivity contribution is 1.24. The van der Waals surface area contributed by atoms with Crippen LogP contribution in [-0.2, 0) is 0 Å². The van der Waals surface area contributed by atoms with Crippen LogP contribution in [0.5, 0.6) is 0 Å². The Bertz CT molecular complexity index is 812. The van der Waals surface area contributed by atoms with Gasteiger partial charge >= 0.3 is 0 Å². The molecule has 0 unspecified atom stereocenters. The van der Waals surface area contributed by atoms with Gasteiger partial charge in [-0.2, -0.15) is 0 Å². The molecule has 4 heteroatoms. The van der Waals surface area contributed by atoms with Crippen molar-refractivity contribution in [2.75, 3.05) is 4.90 Å². The fraction of sp³-hybridized carbons (Fsp3) is 0.143. The molecule has 0 amide bonds. The van der Waals surface area contributed by atoms with Gasteiger partial charge in [-0.25, -0.2) is 0 Å². The largest absolute Gasteiger partial charge is 0.310 e. The van der Waals surface area contributed by atoms with Gasteiger partial charge in [0.2, 0.25) is 0 Å². The molecule has 3 aromatic rings. The zero-order chi connectivity index (χ0) is 18.1. The van der Waals surface area contributed by atoms with Crippen molar-refractivity contribution < 1.29 is 0 Å². The van der Waals surface area contributed by atoms with Crippen molar-refractivity contribution in [3.8, 4) is 0 Å². The lowest BCUT2D eigenvalue weighted by atomic mass is 10.1. The average Bonchev–Trinajstić information content (AvgIpc) is 2.57. The summed E-state index contributed by atoms with van der Waals surface area (Å²) in [5, 5.41) is 0. The molecule has 128 valence electrons. The van der Waals surface area contributed by atoms with Gasteiger partial charge in [0.1, 0.15) is 0 Å². The van der Waals surface area contributed by atoms with Crippen LogP contribution in [0.4, 0.5) is 17.1 Å². The van der Waals surface area contributed by atoms with Gasteiger partial charge in [0, 0.05) is 30.5 Å². The molecule has 0 aliphatic carbocycles. The standard InChI is InChI=1S/C21H18Br3N/c1-13-10-16(4-7-19(13)22)25(17-5-8-20(23)14(2)11-17)18-6-9-21(24)15(3)12-18/h4-12H,1-3H3. The van der Waals surface area contributed by atoms with E-state index in [0.29, 0.717) is 0 Å². The number of rotatable bonds is 3. The molecular weight excluding hydrogens is 506 g/mol. The Hall–Kier alpha value is -1.10. The fourth-order valence-electron chi connectivity index (χ4n) is 2.75. The van der Waals surface area contributed by atoms with Crippen LogP contribution in [0.2, 0.25) is 0 Å². The Morgan fingerprint density at radius 2 is 0.800 bits per heavy atom. The number of aryl methyl sites for hydroxylation is 3. The van der Waals surface area contributed by atoms with E-state index in [1.54, 1.807) is 0 Å². The van der Waals surface area contributed by atoms with Crippen LogP contribution >= 0.6 is 47.8 Å². The van der Waals surface area contributed by atoms with Gasteiger partial charge in [0.15, 0.2) is 0 Å². The summed E-state index contributed by atoms with van der Waals surface area (Å²) in [6.07, 6.45) is 0. The Balaban J connectivity index is 2.21. The summed E-state index contributed by atoms with van der Waals surface area (Å²) in [4.78, 5) is 2.29. The second kappa shape index (κ2) is 7.65. The van der Waals surface area contributed by atoms with Gasteiger partial charge in [0.05, 0.1) is 0 Å². The van der Waals surface area contributed by atoms with E-state index in [-0.39, 0.29) is 0 Å². The first kappa shape index (κ1) is 18.7. The van der Waals surface area contributed by atoms with Gasteiger partial charge < -0.3 is 4.90 Å². The third-order valence-electron chi connectivity index (χ3n) is 4.20. The van der Waals surface area contributed by atoms with Crippen molar-refractivity contribution in [3.05, 3.63) is 84.7 Å². The molecule has 0 spiro atoms. The average molecular weight is 524 g/mol. The number of benzene rings is 3. The van der Waals surface area contributed by atoms with Crippen LogP contribution in [0.25, 0.3) is 0 Å². The van der Waals surface area contributed by atoms with Gasteiger partial charge in [0.25, 0.3) is 0 Å². The zero-order valence-electron chi connectivity index (χ0n) is 14.3. The first-order valence-corrected chi connectivity index (χ1v) is 10.3. The first-order chi connectivity index (χ1) is 11.9. The minimum atomic E-state index is 1.12. The minimum Gasteiger partial charge on any atom is -0.310 e. The number of nitrogens with zero attached hydrogens (tertiary/aromatic N) is 1. The van der Waals surface area contributed by atoms with E-state index in [2.05, 4.69) is 128 Å². The van der Waals surface area contributed by atoms with E-state index in [0.717, 1.165) is 30.5 Å². The van der Waals surface area contributed by atoms with Crippen molar-refractivity contribution in [3.63, 3.8) is 0 Å². The van der Waals surface area contributed by atoms with E-state index in [1.165, 1.54) is 16.7 Å². The predicted octanol–water partition coefficient (Wildman–Crippen LogP) is 8.37. The van der Waals surface area contributed by atoms with Crippen LogP contribution in [-0.4, -0.2) is 0 Å². The number of halogens is 3. The Morgan fingerprint density at radius 1 is 0.520 bits per heavy atom. The SMILES string of the molecule is Cc1cc(N(c2ccc(Br)c(C)c2)c2ccc(Br)c(C)c2)ccc1Br. The van der Waals surface area contributed by atoms with Crippen LogP contribution in [0.15, 0.2) is 68.0 Å². The molecule has 1 nitrogen and oxygen atoms in total. The molecule has 0 saturated heterocycles. The monoisotopic (exact) mass is 521 g/mol. The highest BCUT2D eigenvalue weighted by Crippen LogP contribution is 2.38. The summed E-state index contributed by atoms with van der Waals surface area (Å²) in [5.41, 5.74) is 7.07. The van der Waals surface area contributed by atoms with Crippen LogP contribution in [0.3, 0.4) is 0 Å². The second-order valence-electron chi connectivity index (χ2n) is 6.14. The third-order valence-corrected chi connectivity index (χ3v) is 6.87. The smallest absolute Gasteiger partial charge is 0.0465 e. The maximum absolute atomic E-state index is 3.60. The second-order valence-corrected chi connectivity index (χ2v) is 8.70. The molecule has 0 atom stereocenters. The highest BCUT2D eigenvalue weighted by Gasteiger charge is 2.15. The minimum absolute atomic E-state index is 1.12. The lowest BCUT2D eigenvalue weighted by Crippen LogP contribution is -2.10. The van der Waals surface area contributed by atoms with Crippen molar-refractivity contribution in [1.29, 1.82) is 0 Å². The van der Waals surface area contributed by atoms with Crippen LogP contribution in [0, 0.1) is 20.8 Å². The van der Waals surface area contributed by atoms with Crippen molar-refractivity contribution >= 4 is 64.9 Å². The highest BCUT2D eigenvalue weighted by molar-refractivity contribution is 9.11. The zero-order valence-corrected chi connectivity index (χ0v) is 19.0. The van der Waals surface area contributed by atoms with Gasteiger partial charge in [-0.15, -0.1) is 0 Å². The predicted molar refractivity (Wildman–Crippen MR) is 118 cm³/mol. The Kier molecular flexibility index (Phi) is 5.71. The van der Waals surface area contributed by atoms with Gasteiger partial charge in [-0.1, -0.05) is 47.8 Å². The molecule has 0 aliphatic heterocycles. The van der Waals surface area contributed by atoms with E-state index in [4.69, 9.17) is 0 Å². The van der Waals surface area contributed by atoms with E-state index in [9.17, 15) is 0 Å². The molecule has 3 aromatic carbocycles. The number of hydrogen-bond donors (Lipinski definition) is 0. The number of hydrogen-bond acceptors (Lipinski definition) is 1. The van der Waals surface area contributed by atoms with Crippen LogP contribution in [0.1, 0.15) is 16.7 Å². The van der Waals surface area contributed by atoms with E-state index < -0.39 is 0 Å². The molecule has 0 bridgehead atoms. The highest BCUT2D eigenvalue weighted by atomic mass is 79.9. The Labute approximate surface area is 174 Å². The Morgan fingerprint density at radius 3 is 1.04 bits per heavy atom. The van der Waals surface area contributed by atoms with Crippen LogP contribution < -0.4 is 4.90 Å². The molecular formula is C21H18Br3N. The van der Waals surface area contributed by atoms with E-state index in [1.807, 2.05) is 0 Å². The molecule has 0 fully saturated rings. The molecule has 3 rings (SSSR count). The van der Waals surface area contributed by atoms with Crippen molar-refractivity contribution in [2.24, 2.45) is 0 Å². The van der Waals surface area contributed by atoms with Crippen molar-refractivity contribution in [1.82, 2.24) is 0 Å². The first-order valence-electron chi connectivity index (χ1n) is 7.95. The fourth-order valence-corrected chi connectivity index (χ4v) is 3.49. The molecule has 0 N–H and O–H groups in total. The normalized spacial score (nSPS) is 10.8. The summed E-state index contributed by atoms with van der Waals surface area (Å²) < 4.78 is 3.36. The summed E-state index contributed by atoms with van der Waals surface area (Å²) in [7, 11) is 0. The third kappa shape index (κ3) is 4.02. The summed E-state index contributed by atoms with van der Waals surface area (Å²) in [6.45, 7) is 6.35. The molecule has 0 heterocycles. The van der Waals surface area contributed by atoms with Gasteiger partial charge in [-0.05, 0) is 92.1 Å². The molecule has 0 saturated carbocycles. The maximum Gasteiger partial charge on any atom is 0.0465 e. The summed E-state index contributed by atoms with van der Waals surface area (Å²) >= 11 is 10.8. The quantitative estimate of drug-likeness (QED) is 0.333. The van der Waals surface area contributed by atoms with Gasteiger partial charge in [-0.3, -0.25) is 0 Å². The van der Waals surface area contributed by atoms with E-state index >= 15 is 0 Å². The summed E-state index contributed by atoms with van der Waals surface area (Å²) in [5.74, 6) is 0.